The molecule has 0 aliphatic heterocycles. The van der Waals surface area contributed by atoms with Gasteiger partial charge in [-0.2, -0.15) is 0 Å². The number of hydrogen-bond acceptors (Lipinski definition) is 2. The fourth-order valence-corrected chi connectivity index (χ4v) is 2.08. The van der Waals surface area contributed by atoms with Crippen molar-refractivity contribution in [2.45, 2.75) is 19.3 Å². The van der Waals surface area contributed by atoms with Gasteiger partial charge in [0.1, 0.15) is 0 Å². The van der Waals surface area contributed by atoms with Gasteiger partial charge in [0.15, 0.2) is 0 Å². The molecule has 1 aromatic heterocycles. The SMILES string of the molecule is CNCCC(C)c1cccc2ccncc12. The second-order valence-electron chi connectivity index (χ2n) is 4.24. The van der Waals surface area contributed by atoms with Crippen molar-refractivity contribution in [1.82, 2.24) is 10.3 Å². The lowest BCUT2D eigenvalue weighted by Crippen LogP contribution is -2.10. The van der Waals surface area contributed by atoms with Crippen LogP contribution in [0.3, 0.4) is 0 Å². The standard InChI is InChI=1S/C14H18N2/c1-11(6-8-15-2)13-5-3-4-12-7-9-16-10-14(12)13/h3-5,7,9-11,15H,6,8H2,1-2H3. The van der Waals surface area contributed by atoms with E-state index in [9.17, 15) is 0 Å². The highest BCUT2D eigenvalue weighted by molar-refractivity contribution is 5.85. The number of aromatic nitrogens is 1. The average Bonchev–Trinajstić information content (AvgIpc) is 2.35. The molecule has 0 radical (unpaired) electrons. The van der Waals surface area contributed by atoms with Crippen molar-refractivity contribution in [3.63, 3.8) is 0 Å². The van der Waals surface area contributed by atoms with Crippen LogP contribution >= 0.6 is 0 Å². The molecule has 2 rings (SSSR count). The van der Waals surface area contributed by atoms with E-state index in [-0.39, 0.29) is 0 Å². The van der Waals surface area contributed by atoms with Crippen molar-refractivity contribution in [1.29, 1.82) is 0 Å². The van der Waals surface area contributed by atoms with Crippen LogP contribution in [-0.2, 0) is 0 Å². The van der Waals surface area contributed by atoms with Crippen LogP contribution in [0.4, 0.5) is 0 Å². The van der Waals surface area contributed by atoms with E-state index in [0.29, 0.717) is 5.92 Å². The predicted molar refractivity (Wildman–Crippen MR) is 68.7 cm³/mol. The second-order valence-corrected chi connectivity index (χ2v) is 4.24. The molecule has 0 aliphatic carbocycles. The zero-order valence-electron chi connectivity index (χ0n) is 9.90. The van der Waals surface area contributed by atoms with Crippen LogP contribution in [0.15, 0.2) is 36.7 Å². The molecule has 0 saturated heterocycles. The first kappa shape index (κ1) is 11.1. The summed E-state index contributed by atoms with van der Waals surface area (Å²) in [6.07, 6.45) is 4.98. The molecule has 0 aliphatic rings. The summed E-state index contributed by atoms with van der Waals surface area (Å²) in [5.74, 6) is 0.570. The van der Waals surface area contributed by atoms with Crippen LogP contribution in [0.2, 0.25) is 0 Å². The highest BCUT2D eigenvalue weighted by Gasteiger charge is 2.08. The number of pyridine rings is 1. The molecule has 0 amide bonds. The maximum Gasteiger partial charge on any atom is 0.0349 e. The van der Waals surface area contributed by atoms with E-state index < -0.39 is 0 Å². The van der Waals surface area contributed by atoms with Crippen LogP contribution in [-0.4, -0.2) is 18.6 Å². The number of hydrogen-bond donors (Lipinski definition) is 1. The van der Waals surface area contributed by atoms with E-state index in [1.54, 1.807) is 0 Å². The van der Waals surface area contributed by atoms with E-state index in [2.05, 4.69) is 41.5 Å². The number of fused-ring (bicyclic) bond motifs is 1. The second kappa shape index (κ2) is 5.08. The zero-order chi connectivity index (χ0) is 11.4. The Bertz CT molecular complexity index is 460. The maximum atomic E-state index is 4.22. The van der Waals surface area contributed by atoms with Crippen molar-refractivity contribution in [3.05, 3.63) is 42.2 Å². The van der Waals surface area contributed by atoms with Crippen molar-refractivity contribution < 1.29 is 0 Å². The first-order chi connectivity index (χ1) is 7.83. The molecule has 16 heavy (non-hydrogen) atoms. The molecule has 1 unspecified atom stereocenters. The highest BCUT2D eigenvalue weighted by Crippen LogP contribution is 2.26. The molecule has 2 heteroatoms. The summed E-state index contributed by atoms with van der Waals surface area (Å²) in [5, 5.41) is 5.77. The third kappa shape index (κ3) is 2.22. The Hall–Kier alpha value is -1.41. The van der Waals surface area contributed by atoms with Crippen LogP contribution in [0.25, 0.3) is 10.8 Å². The summed E-state index contributed by atoms with van der Waals surface area (Å²) >= 11 is 0. The lowest BCUT2D eigenvalue weighted by molar-refractivity contribution is 0.639. The number of rotatable bonds is 4. The fraction of sp³-hybridized carbons (Fsp3) is 0.357. The number of nitrogens with one attached hydrogen (secondary N) is 1. The normalized spacial score (nSPS) is 12.9. The fourth-order valence-electron chi connectivity index (χ4n) is 2.08. The molecule has 0 spiro atoms. The van der Waals surface area contributed by atoms with Crippen molar-refractivity contribution in [2.75, 3.05) is 13.6 Å². The summed E-state index contributed by atoms with van der Waals surface area (Å²) in [4.78, 5) is 4.22. The van der Waals surface area contributed by atoms with Gasteiger partial charge in [0, 0.05) is 17.8 Å². The van der Waals surface area contributed by atoms with E-state index in [1.165, 1.54) is 16.3 Å². The maximum absolute atomic E-state index is 4.22. The third-order valence-electron chi connectivity index (χ3n) is 3.08. The molecule has 1 heterocycles. The van der Waals surface area contributed by atoms with Gasteiger partial charge in [-0.15, -0.1) is 0 Å². The average molecular weight is 214 g/mol. The van der Waals surface area contributed by atoms with Crippen molar-refractivity contribution in [2.24, 2.45) is 0 Å². The first-order valence-corrected chi connectivity index (χ1v) is 5.80. The molecule has 1 atom stereocenters. The topological polar surface area (TPSA) is 24.9 Å². The largest absolute Gasteiger partial charge is 0.320 e. The van der Waals surface area contributed by atoms with Gasteiger partial charge in [0.25, 0.3) is 0 Å². The molecule has 0 fully saturated rings. The Morgan fingerprint density at radius 1 is 1.31 bits per heavy atom. The molecular formula is C14H18N2. The van der Waals surface area contributed by atoms with E-state index in [4.69, 9.17) is 0 Å². The number of benzene rings is 1. The Morgan fingerprint density at radius 2 is 2.19 bits per heavy atom. The minimum atomic E-state index is 0.570. The zero-order valence-corrected chi connectivity index (χ0v) is 9.90. The summed E-state index contributed by atoms with van der Waals surface area (Å²) in [7, 11) is 2.00. The van der Waals surface area contributed by atoms with Gasteiger partial charge < -0.3 is 5.32 Å². The van der Waals surface area contributed by atoms with Gasteiger partial charge in [-0.3, -0.25) is 4.98 Å². The van der Waals surface area contributed by atoms with Crippen molar-refractivity contribution in [3.8, 4) is 0 Å². The third-order valence-corrected chi connectivity index (χ3v) is 3.08. The van der Waals surface area contributed by atoms with E-state index in [0.717, 1.165) is 13.0 Å². The monoisotopic (exact) mass is 214 g/mol. The van der Waals surface area contributed by atoms with Crippen LogP contribution in [0.1, 0.15) is 24.8 Å². The number of nitrogens with zero attached hydrogens (tertiary/aromatic N) is 1. The Kier molecular flexibility index (Phi) is 3.52. The molecule has 2 nitrogen and oxygen atoms in total. The Morgan fingerprint density at radius 3 is 3.00 bits per heavy atom. The van der Waals surface area contributed by atoms with Gasteiger partial charge >= 0.3 is 0 Å². The Labute approximate surface area is 96.7 Å². The molecule has 0 bridgehead atoms. The lowest BCUT2D eigenvalue weighted by atomic mass is 9.93. The van der Waals surface area contributed by atoms with Gasteiger partial charge in [-0.1, -0.05) is 25.1 Å². The molecule has 1 aromatic carbocycles. The summed E-state index contributed by atoms with van der Waals surface area (Å²) in [6, 6.07) is 8.56. The summed E-state index contributed by atoms with van der Waals surface area (Å²) in [5.41, 5.74) is 1.40. The molecule has 0 saturated carbocycles. The lowest BCUT2D eigenvalue weighted by Gasteiger charge is -2.14. The smallest absolute Gasteiger partial charge is 0.0349 e. The van der Waals surface area contributed by atoms with Crippen LogP contribution in [0.5, 0.6) is 0 Å². The summed E-state index contributed by atoms with van der Waals surface area (Å²) < 4.78 is 0. The van der Waals surface area contributed by atoms with Crippen LogP contribution in [0, 0.1) is 0 Å². The predicted octanol–water partition coefficient (Wildman–Crippen LogP) is 2.95. The Balaban J connectivity index is 2.36. The van der Waals surface area contributed by atoms with Crippen molar-refractivity contribution >= 4 is 10.8 Å². The van der Waals surface area contributed by atoms with E-state index in [1.807, 2.05) is 19.4 Å². The quantitative estimate of drug-likeness (QED) is 0.846. The molecular weight excluding hydrogens is 196 g/mol. The highest BCUT2D eigenvalue weighted by atomic mass is 14.8. The minimum absolute atomic E-state index is 0.570. The van der Waals surface area contributed by atoms with E-state index >= 15 is 0 Å². The molecule has 84 valence electrons. The van der Waals surface area contributed by atoms with Gasteiger partial charge in [0.05, 0.1) is 0 Å². The first-order valence-electron chi connectivity index (χ1n) is 5.80. The molecule has 1 N–H and O–H groups in total. The van der Waals surface area contributed by atoms with Gasteiger partial charge in [-0.25, -0.2) is 0 Å². The molecule has 2 aromatic rings. The van der Waals surface area contributed by atoms with Gasteiger partial charge in [-0.05, 0) is 42.9 Å². The summed E-state index contributed by atoms with van der Waals surface area (Å²) in [6.45, 7) is 3.33. The van der Waals surface area contributed by atoms with Crippen LogP contribution < -0.4 is 5.32 Å². The minimum Gasteiger partial charge on any atom is -0.320 e. The van der Waals surface area contributed by atoms with Gasteiger partial charge in [0.2, 0.25) is 0 Å².